The van der Waals surface area contributed by atoms with E-state index in [1.54, 1.807) is 12.0 Å². The van der Waals surface area contributed by atoms with Crippen molar-refractivity contribution >= 4 is 5.91 Å². The molecule has 0 aliphatic heterocycles. The summed E-state index contributed by atoms with van der Waals surface area (Å²) < 4.78 is 5.04. The molecular formula is C18H27NO3. The number of aliphatic hydroxyl groups excluding tert-OH is 1. The molecule has 0 atom stereocenters. The van der Waals surface area contributed by atoms with E-state index in [0.717, 1.165) is 6.42 Å². The predicted molar refractivity (Wildman–Crippen MR) is 87.2 cm³/mol. The summed E-state index contributed by atoms with van der Waals surface area (Å²) in [4.78, 5) is 14.2. The van der Waals surface area contributed by atoms with E-state index in [-0.39, 0.29) is 12.5 Å². The first-order valence-electron chi connectivity index (χ1n) is 8.08. The fraction of sp³-hybridized carbons (Fsp3) is 0.611. The molecule has 122 valence electrons. The number of hydrogen-bond donors (Lipinski definition) is 1. The molecule has 2 rings (SSSR count). The third-order valence-corrected chi connectivity index (χ3v) is 4.80. The van der Waals surface area contributed by atoms with Gasteiger partial charge in [0.15, 0.2) is 0 Å². The van der Waals surface area contributed by atoms with Crippen molar-refractivity contribution in [3.63, 3.8) is 0 Å². The Bertz CT molecular complexity index is 523. The van der Waals surface area contributed by atoms with Crippen LogP contribution < -0.4 is 0 Å². The Hall–Kier alpha value is -1.39. The van der Waals surface area contributed by atoms with Gasteiger partial charge in [0.25, 0.3) is 5.91 Å². The number of methoxy groups -OCH3 is 1. The number of rotatable bonds is 8. The van der Waals surface area contributed by atoms with E-state index in [9.17, 15) is 4.79 Å². The molecule has 22 heavy (non-hydrogen) atoms. The van der Waals surface area contributed by atoms with Crippen molar-refractivity contribution in [3.8, 4) is 0 Å². The molecule has 0 unspecified atom stereocenters. The Labute approximate surface area is 133 Å². The molecule has 1 aliphatic carbocycles. The van der Waals surface area contributed by atoms with E-state index >= 15 is 0 Å². The van der Waals surface area contributed by atoms with Gasteiger partial charge in [0.1, 0.15) is 0 Å². The van der Waals surface area contributed by atoms with Crippen molar-refractivity contribution in [2.24, 2.45) is 0 Å². The summed E-state index contributed by atoms with van der Waals surface area (Å²) in [7, 11) is 1.61. The summed E-state index contributed by atoms with van der Waals surface area (Å²) in [5.74, 6) is -0.0397. The minimum absolute atomic E-state index is 0.0362. The highest BCUT2D eigenvalue weighted by atomic mass is 16.5. The van der Waals surface area contributed by atoms with Crippen LogP contribution in [-0.4, -0.2) is 49.3 Å². The first kappa shape index (κ1) is 17.0. The maximum Gasteiger partial charge on any atom is 0.254 e. The summed E-state index contributed by atoms with van der Waals surface area (Å²) in [6, 6.07) is 6.04. The summed E-state index contributed by atoms with van der Waals surface area (Å²) in [5, 5.41) is 9.14. The van der Waals surface area contributed by atoms with Crippen LogP contribution in [0.3, 0.4) is 0 Å². The number of aryl methyl sites for hydroxylation is 1. The molecule has 1 saturated carbocycles. The van der Waals surface area contributed by atoms with Gasteiger partial charge in [-0.2, -0.15) is 0 Å². The number of carbonyl (C=O) groups excluding carboxylic acids is 1. The van der Waals surface area contributed by atoms with Crippen molar-refractivity contribution in [2.75, 3.05) is 33.4 Å². The number of carbonyl (C=O) groups is 1. The van der Waals surface area contributed by atoms with E-state index in [2.05, 4.69) is 19.9 Å². The lowest BCUT2D eigenvalue weighted by Gasteiger charge is -2.23. The molecule has 0 heterocycles. The molecule has 0 aromatic heterocycles. The fourth-order valence-electron chi connectivity index (χ4n) is 3.18. The highest BCUT2D eigenvalue weighted by Crippen LogP contribution is 2.51. The zero-order valence-electron chi connectivity index (χ0n) is 13.9. The van der Waals surface area contributed by atoms with Crippen LogP contribution in [0.2, 0.25) is 0 Å². The van der Waals surface area contributed by atoms with E-state index < -0.39 is 0 Å². The summed E-state index contributed by atoms with van der Waals surface area (Å²) in [6.45, 7) is 5.59. The minimum Gasteiger partial charge on any atom is -0.395 e. The lowest BCUT2D eigenvalue weighted by atomic mass is 9.88. The molecular weight excluding hydrogens is 278 g/mol. The van der Waals surface area contributed by atoms with Gasteiger partial charge in [-0.25, -0.2) is 0 Å². The van der Waals surface area contributed by atoms with Gasteiger partial charge in [-0.1, -0.05) is 13.0 Å². The standard InChI is InChI=1S/C18H27NO3/c1-4-18(7-8-18)16-6-5-15(13-14(16)2)17(21)19(9-11-20)10-12-22-3/h5-6,13,20H,4,7-12H2,1-3H3. The molecule has 0 bridgehead atoms. The van der Waals surface area contributed by atoms with Gasteiger partial charge in [-0.05, 0) is 54.9 Å². The zero-order chi connectivity index (χ0) is 16.2. The summed E-state index contributed by atoms with van der Waals surface area (Å²) >= 11 is 0. The number of amides is 1. The molecule has 0 spiro atoms. The van der Waals surface area contributed by atoms with Crippen molar-refractivity contribution < 1.29 is 14.6 Å². The second-order valence-corrected chi connectivity index (χ2v) is 6.17. The molecule has 0 saturated heterocycles. The highest BCUT2D eigenvalue weighted by Gasteiger charge is 2.43. The maximum absolute atomic E-state index is 12.6. The fourth-order valence-corrected chi connectivity index (χ4v) is 3.18. The number of nitrogens with zero attached hydrogens (tertiary/aromatic N) is 1. The van der Waals surface area contributed by atoms with E-state index in [1.807, 2.05) is 12.1 Å². The van der Waals surface area contributed by atoms with Gasteiger partial charge in [0.05, 0.1) is 13.2 Å². The van der Waals surface area contributed by atoms with E-state index in [4.69, 9.17) is 9.84 Å². The predicted octanol–water partition coefficient (Wildman–Crippen LogP) is 2.52. The third kappa shape index (κ3) is 3.50. The highest BCUT2D eigenvalue weighted by molar-refractivity contribution is 5.94. The molecule has 1 aromatic rings. The Kier molecular flexibility index (Phi) is 5.59. The number of hydrogen-bond acceptors (Lipinski definition) is 3. The molecule has 0 radical (unpaired) electrons. The van der Waals surface area contributed by atoms with Crippen LogP contribution in [0.25, 0.3) is 0 Å². The van der Waals surface area contributed by atoms with Crippen molar-refractivity contribution in [2.45, 2.75) is 38.5 Å². The molecule has 1 N–H and O–H groups in total. The third-order valence-electron chi connectivity index (χ3n) is 4.80. The Morgan fingerprint density at radius 1 is 1.36 bits per heavy atom. The van der Waals surface area contributed by atoms with E-state index in [0.29, 0.717) is 30.7 Å². The quantitative estimate of drug-likeness (QED) is 0.803. The van der Waals surface area contributed by atoms with Crippen LogP contribution in [-0.2, 0) is 10.2 Å². The maximum atomic E-state index is 12.6. The number of benzene rings is 1. The molecule has 4 nitrogen and oxygen atoms in total. The van der Waals surface area contributed by atoms with Crippen molar-refractivity contribution in [1.82, 2.24) is 4.90 Å². The van der Waals surface area contributed by atoms with Crippen LogP contribution in [0.5, 0.6) is 0 Å². The van der Waals surface area contributed by atoms with Gasteiger partial charge in [-0.3, -0.25) is 4.79 Å². The lowest BCUT2D eigenvalue weighted by molar-refractivity contribution is 0.0656. The first-order valence-corrected chi connectivity index (χ1v) is 8.08. The van der Waals surface area contributed by atoms with E-state index in [1.165, 1.54) is 24.0 Å². The molecule has 1 aliphatic rings. The first-order chi connectivity index (χ1) is 10.6. The average molecular weight is 305 g/mol. The molecule has 1 amide bonds. The van der Waals surface area contributed by atoms with Gasteiger partial charge >= 0.3 is 0 Å². The number of ether oxygens (including phenoxy) is 1. The van der Waals surface area contributed by atoms with Crippen LogP contribution in [0.15, 0.2) is 18.2 Å². The van der Waals surface area contributed by atoms with Crippen LogP contribution in [0.1, 0.15) is 47.7 Å². The molecule has 1 aromatic carbocycles. The lowest BCUT2D eigenvalue weighted by Crippen LogP contribution is -2.36. The zero-order valence-corrected chi connectivity index (χ0v) is 13.9. The van der Waals surface area contributed by atoms with Crippen LogP contribution in [0.4, 0.5) is 0 Å². The van der Waals surface area contributed by atoms with Crippen LogP contribution in [0, 0.1) is 6.92 Å². The van der Waals surface area contributed by atoms with Gasteiger partial charge in [-0.15, -0.1) is 0 Å². The van der Waals surface area contributed by atoms with Crippen molar-refractivity contribution in [3.05, 3.63) is 34.9 Å². The second kappa shape index (κ2) is 7.25. The molecule has 4 heteroatoms. The summed E-state index contributed by atoms with van der Waals surface area (Å²) in [5.41, 5.74) is 3.63. The van der Waals surface area contributed by atoms with Crippen molar-refractivity contribution in [1.29, 1.82) is 0 Å². The van der Waals surface area contributed by atoms with Crippen LogP contribution >= 0.6 is 0 Å². The van der Waals surface area contributed by atoms with Gasteiger partial charge < -0.3 is 14.7 Å². The summed E-state index contributed by atoms with van der Waals surface area (Å²) in [6.07, 6.45) is 3.66. The normalized spacial score (nSPS) is 15.6. The largest absolute Gasteiger partial charge is 0.395 e. The topological polar surface area (TPSA) is 49.8 Å². The average Bonchev–Trinajstić information content (AvgIpc) is 3.31. The van der Waals surface area contributed by atoms with Gasteiger partial charge in [0, 0.05) is 25.8 Å². The SMILES string of the molecule is CCC1(c2ccc(C(=O)N(CCO)CCOC)cc2C)CC1. The Balaban J connectivity index is 2.17. The minimum atomic E-state index is -0.0397. The number of aliphatic hydroxyl groups is 1. The molecule has 1 fully saturated rings. The Morgan fingerprint density at radius 2 is 2.09 bits per heavy atom. The monoisotopic (exact) mass is 305 g/mol. The van der Waals surface area contributed by atoms with Gasteiger partial charge in [0.2, 0.25) is 0 Å². The smallest absolute Gasteiger partial charge is 0.254 e. The Morgan fingerprint density at radius 3 is 2.59 bits per heavy atom. The second-order valence-electron chi connectivity index (χ2n) is 6.17.